The molecule has 25 heavy (non-hydrogen) atoms. The Hall–Kier alpha value is -1.50. The molecule has 3 unspecified atom stereocenters. The van der Waals surface area contributed by atoms with Crippen LogP contribution in [-0.4, -0.2) is 36.3 Å². The van der Waals surface area contributed by atoms with Crippen molar-refractivity contribution >= 4 is 17.5 Å². The summed E-state index contributed by atoms with van der Waals surface area (Å²) in [4.78, 5) is 12.5. The number of carbonyl (C=O) groups is 1. The molecule has 1 amide bonds. The van der Waals surface area contributed by atoms with Crippen LogP contribution in [0.5, 0.6) is 11.5 Å². The summed E-state index contributed by atoms with van der Waals surface area (Å²) in [6.07, 6.45) is 2.79. The van der Waals surface area contributed by atoms with Gasteiger partial charge in [0.15, 0.2) is 11.5 Å². The standard InChI is InChI=1S/C18H25ClN2O4/c1-18(20)5-3-2-4-12(18)17(23)21-10-14(22)11-8-13(19)16-15(9-11)24-6-7-25-16/h8-9,12,14,22H,2-7,10,20H2,1H3,(H,21,23). The van der Waals surface area contributed by atoms with E-state index in [1.165, 1.54) is 0 Å². The highest BCUT2D eigenvalue weighted by molar-refractivity contribution is 6.32. The summed E-state index contributed by atoms with van der Waals surface area (Å²) >= 11 is 6.19. The molecule has 0 bridgehead atoms. The lowest BCUT2D eigenvalue weighted by molar-refractivity contribution is -0.128. The van der Waals surface area contributed by atoms with Gasteiger partial charge in [0.25, 0.3) is 0 Å². The normalized spacial score (nSPS) is 26.8. The van der Waals surface area contributed by atoms with E-state index in [1.807, 2.05) is 6.92 Å². The lowest BCUT2D eigenvalue weighted by Crippen LogP contribution is -2.53. The molecule has 1 saturated carbocycles. The van der Waals surface area contributed by atoms with Crippen molar-refractivity contribution in [3.8, 4) is 11.5 Å². The minimum Gasteiger partial charge on any atom is -0.486 e. The average molecular weight is 369 g/mol. The molecule has 1 aromatic carbocycles. The van der Waals surface area contributed by atoms with Crippen LogP contribution in [0.4, 0.5) is 0 Å². The monoisotopic (exact) mass is 368 g/mol. The van der Waals surface area contributed by atoms with Gasteiger partial charge in [-0.2, -0.15) is 0 Å². The van der Waals surface area contributed by atoms with Crippen LogP contribution in [0.2, 0.25) is 5.02 Å². The highest BCUT2D eigenvalue weighted by Gasteiger charge is 2.37. The van der Waals surface area contributed by atoms with Crippen molar-refractivity contribution in [2.24, 2.45) is 11.7 Å². The number of benzene rings is 1. The molecule has 2 aliphatic rings. The number of nitrogens with two attached hydrogens (primary N) is 1. The molecule has 0 spiro atoms. The molecular weight excluding hydrogens is 344 g/mol. The van der Waals surface area contributed by atoms with Gasteiger partial charge in [-0.15, -0.1) is 0 Å². The van der Waals surface area contributed by atoms with Crippen molar-refractivity contribution in [1.82, 2.24) is 5.32 Å². The first-order valence-electron chi connectivity index (χ1n) is 8.72. The van der Waals surface area contributed by atoms with Crippen molar-refractivity contribution in [3.05, 3.63) is 22.7 Å². The third-order valence-electron chi connectivity index (χ3n) is 5.04. The van der Waals surface area contributed by atoms with E-state index in [9.17, 15) is 9.90 Å². The second-order valence-electron chi connectivity index (χ2n) is 7.09. The molecule has 138 valence electrons. The molecule has 3 atom stereocenters. The number of rotatable bonds is 4. The number of aliphatic hydroxyl groups is 1. The first-order chi connectivity index (χ1) is 11.9. The minimum absolute atomic E-state index is 0.0986. The van der Waals surface area contributed by atoms with Gasteiger partial charge in [-0.1, -0.05) is 24.4 Å². The van der Waals surface area contributed by atoms with Crippen LogP contribution in [0.1, 0.15) is 44.3 Å². The van der Waals surface area contributed by atoms with Crippen LogP contribution in [-0.2, 0) is 4.79 Å². The number of amides is 1. The van der Waals surface area contributed by atoms with Gasteiger partial charge in [0, 0.05) is 12.1 Å². The molecule has 0 saturated heterocycles. The number of carbonyl (C=O) groups excluding carboxylic acids is 1. The lowest BCUT2D eigenvalue weighted by atomic mass is 9.74. The molecule has 7 heteroatoms. The molecule has 1 aliphatic carbocycles. The Balaban J connectivity index is 1.63. The average Bonchev–Trinajstić information content (AvgIpc) is 2.59. The quantitative estimate of drug-likeness (QED) is 0.757. The largest absolute Gasteiger partial charge is 0.486 e. The summed E-state index contributed by atoms with van der Waals surface area (Å²) < 4.78 is 11.0. The van der Waals surface area contributed by atoms with Crippen LogP contribution >= 0.6 is 11.6 Å². The third kappa shape index (κ3) is 4.02. The van der Waals surface area contributed by atoms with E-state index in [0.29, 0.717) is 35.3 Å². The predicted octanol–water partition coefficient (Wildman–Crippen LogP) is 2.17. The van der Waals surface area contributed by atoms with Crippen molar-refractivity contribution in [2.45, 2.75) is 44.2 Å². The Morgan fingerprint density at radius 3 is 2.96 bits per heavy atom. The number of ether oxygens (including phenoxy) is 2. The van der Waals surface area contributed by atoms with Gasteiger partial charge in [0.1, 0.15) is 13.2 Å². The zero-order valence-electron chi connectivity index (χ0n) is 14.4. The van der Waals surface area contributed by atoms with Gasteiger partial charge >= 0.3 is 0 Å². The van der Waals surface area contributed by atoms with Gasteiger partial charge < -0.3 is 25.6 Å². The maximum Gasteiger partial charge on any atom is 0.225 e. The molecule has 3 rings (SSSR count). The van der Waals surface area contributed by atoms with Crippen molar-refractivity contribution < 1.29 is 19.4 Å². The summed E-state index contributed by atoms with van der Waals surface area (Å²) in [6, 6.07) is 3.34. The summed E-state index contributed by atoms with van der Waals surface area (Å²) in [5.74, 6) is 0.680. The number of aliphatic hydroxyl groups excluding tert-OH is 1. The van der Waals surface area contributed by atoms with Gasteiger partial charge in [-0.05, 0) is 37.5 Å². The van der Waals surface area contributed by atoms with Gasteiger partial charge in [0.2, 0.25) is 5.91 Å². The van der Waals surface area contributed by atoms with E-state index in [1.54, 1.807) is 12.1 Å². The zero-order chi connectivity index (χ0) is 18.0. The smallest absolute Gasteiger partial charge is 0.225 e. The molecule has 0 aromatic heterocycles. The Morgan fingerprint density at radius 2 is 2.20 bits per heavy atom. The fourth-order valence-corrected chi connectivity index (χ4v) is 3.82. The van der Waals surface area contributed by atoms with E-state index >= 15 is 0 Å². The number of fused-ring (bicyclic) bond motifs is 1. The fourth-order valence-electron chi connectivity index (χ4n) is 3.55. The number of hydrogen-bond acceptors (Lipinski definition) is 5. The second-order valence-corrected chi connectivity index (χ2v) is 7.50. The summed E-state index contributed by atoms with van der Waals surface area (Å²) in [6.45, 7) is 2.91. The molecule has 1 fully saturated rings. The summed E-state index contributed by atoms with van der Waals surface area (Å²) in [5.41, 5.74) is 6.35. The Labute approximate surface area is 152 Å². The van der Waals surface area contributed by atoms with E-state index in [4.69, 9.17) is 26.8 Å². The SMILES string of the molecule is CC1(N)CCCCC1C(=O)NCC(O)c1cc(Cl)c2c(c1)OCCO2. The second kappa shape index (κ2) is 7.40. The topological polar surface area (TPSA) is 93.8 Å². The number of hydrogen-bond donors (Lipinski definition) is 3. The van der Waals surface area contributed by atoms with Crippen LogP contribution in [0.25, 0.3) is 0 Å². The summed E-state index contributed by atoms with van der Waals surface area (Å²) in [7, 11) is 0. The predicted molar refractivity (Wildman–Crippen MR) is 95.0 cm³/mol. The van der Waals surface area contributed by atoms with Crippen molar-refractivity contribution in [1.29, 1.82) is 0 Å². The van der Waals surface area contributed by atoms with E-state index in [-0.39, 0.29) is 18.4 Å². The molecule has 6 nitrogen and oxygen atoms in total. The molecule has 4 N–H and O–H groups in total. The lowest BCUT2D eigenvalue weighted by Gasteiger charge is -2.37. The van der Waals surface area contributed by atoms with Gasteiger partial charge in [0.05, 0.1) is 17.0 Å². The highest BCUT2D eigenvalue weighted by Crippen LogP contribution is 2.39. The van der Waals surface area contributed by atoms with Gasteiger partial charge in [-0.3, -0.25) is 4.79 Å². The molecule has 1 aromatic rings. The van der Waals surface area contributed by atoms with E-state index in [2.05, 4.69) is 5.32 Å². The van der Waals surface area contributed by atoms with Crippen LogP contribution in [0.15, 0.2) is 12.1 Å². The van der Waals surface area contributed by atoms with Crippen LogP contribution in [0, 0.1) is 5.92 Å². The Kier molecular flexibility index (Phi) is 5.41. The molecular formula is C18H25ClN2O4. The third-order valence-corrected chi connectivity index (χ3v) is 5.33. The van der Waals surface area contributed by atoms with Crippen molar-refractivity contribution in [3.63, 3.8) is 0 Å². The van der Waals surface area contributed by atoms with E-state index < -0.39 is 11.6 Å². The Bertz CT molecular complexity index is 650. The summed E-state index contributed by atoms with van der Waals surface area (Å²) in [5, 5.41) is 13.6. The van der Waals surface area contributed by atoms with Crippen LogP contribution in [0.3, 0.4) is 0 Å². The highest BCUT2D eigenvalue weighted by atomic mass is 35.5. The molecule has 1 heterocycles. The van der Waals surface area contributed by atoms with Gasteiger partial charge in [-0.25, -0.2) is 0 Å². The number of halogens is 1. The molecule has 1 aliphatic heterocycles. The first-order valence-corrected chi connectivity index (χ1v) is 9.10. The maximum atomic E-state index is 12.5. The Morgan fingerprint density at radius 1 is 1.44 bits per heavy atom. The van der Waals surface area contributed by atoms with Crippen LogP contribution < -0.4 is 20.5 Å². The molecule has 0 radical (unpaired) electrons. The number of nitrogens with one attached hydrogen (secondary N) is 1. The minimum atomic E-state index is -0.884. The maximum absolute atomic E-state index is 12.5. The van der Waals surface area contributed by atoms with E-state index in [0.717, 1.165) is 25.7 Å². The zero-order valence-corrected chi connectivity index (χ0v) is 15.1. The first kappa shape index (κ1) is 18.3. The van der Waals surface area contributed by atoms with Crippen molar-refractivity contribution in [2.75, 3.05) is 19.8 Å². The fraction of sp³-hybridized carbons (Fsp3) is 0.611.